The molecule has 0 amide bonds. The van der Waals surface area contributed by atoms with Gasteiger partial charge in [0, 0.05) is 30.8 Å². The second kappa shape index (κ2) is 19.6. The van der Waals surface area contributed by atoms with Gasteiger partial charge in [0.15, 0.2) is 0 Å². The van der Waals surface area contributed by atoms with Crippen molar-refractivity contribution < 1.29 is 10.2 Å². The number of aliphatic hydroxyl groups is 2. The summed E-state index contributed by atoms with van der Waals surface area (Å²) < 4.78 is 0. The molecule has 26 heavy (non-hydrogen) atoms. The molecule has 1 aliphatic rings. The minimum atomic E-state index is 0.263. The third-order valence-corrected chi connectivity index (χ3v) is 8.63. The summed E-state index contributed by atoms with van der Waals surface area (Å²) >= 11 is 7.98. The molecule has 0 aromatic carbocycles. The van der Waals surface area contributed by atoms with Crippen LogP contribution in [0.5, 0.6) is 0 Å². The Hall–Kier alpha value is 1.24. The molecule has 1 rings (SSSR count). The van der Waals surface area contributed by atoms with Crippen LogP contribution in [0.2, 0.25) is 0 Å². The van der Waals surface area contributed by atoms with Gasteiger partial charge >= 0.3 is 0 Å². The minimum absolute atomic E-state index is 0.263. The fraction of sp³-hybridized carbons (Fsp3) is 1.00. The summed E-state index contributed by atoms with van der Waals surface area (Å²) in [5.41, 5.74) is 0. The zero-order chi connectivity index (χ0) is 18.7. The topological polar surface area (TPSA) is 55.7 Å². The first-order valence-electron chi connectivity index (χ1n) is 9.89. The monoisotopic (exact) mass is 442 g/mol. The average molecular weight is 443 g/mol. The second-order valence-corrected chi connectivity index (χ2v) is 11.0. The van der Waals surface area contributed by atoms with Crippen molar-refractivity contribution in [3.8, 4) is 0 Å². The van der Waals surface area contributed by atoms with Crippen molar-refractivity contribution in [2.45, 2.75) is 50.3 Å². The summed E-state index contributed by atoms with van der Waals surface area (Å²) in [6.45, 7) is 1.33. The first-order valence-corrected chi connectivity index (χ1v) is 14.4. The minimum Gasteiger partial charge on any atom is -0.396 e. The Bertz CT molecular complexity index is 276. The molecule has 1 unspecified atom stereocenters. The van der Waals surface area contributed by atoms with Crippen LogP contribution in [0.3, 0.4) is 0 Å². The molecule has 156 valence electrons. The highest BCUT2D eigenvalue weighted by atomic mass is 32.2. The molecular formula is C18H38N2O2S4. The van der Waals surface area contributed by atoms with Crippen LogP contribution < -0.4 is 5.32 Å². The van der Waals surface area contributed by atoms with E-state index in [4.69, 9.17) is 0 Å². The van der Waals surface area contributed by atoms with Crippen LogP contribution >= 0.6 is 47.0 Å². The Labute approximate surface area is 177 Å². The van der Waals surface area contributed by atoms with E-state index in [2.05, 4.69) is 10.2 Å². The van der Waals surface area contributed by atoms with Crippen LogP contribution in [0.1, 0.15) is 44.9 Å². The van der Waals surface area contributed by atoms with Gasteiger partial charge in [0.1, 0.15) is 0 Å². The van der Waals surface area contributed by atoms with E-state index in [9.17, 15) is 10.2 Å². The van der Waals surface area contributed by atoms with Gasteiger partial charge in [0.05, 0.1) is 12.0 Å². The van der Waals surface area contributed by atoms with Crippen LogP contribution in [-0.4, -0.2) is 80.9 Å². The summed E-state index contributed by atoms with van der Waals surface area (Å²) in [7, 11) is 0. The third kappa shape index (κ3) is 15.2. The van der Waals surface area contributed by atoms with E-state index < -0.39 is 0 Å². The number of rotatable bonds is 4. The van der Waals surface area contributed by atoms with Crippen LogP contribution in [-0.2, 0) is 0 Å². The van der Waals surface area contributed by atoms with Gasteiger partial charge in [-0.05, 0) is 55.1 Å². The van der Waals surface area contributed by atoms with E-state index in [1.807, 2.05) is 47.0 Å². The number of thioether (sulfide) groups is 4. The standard InChI is InChI=1S/C18H38N2O2S4/c21-9-7-18-19-15-23-11-3-1-4-12-24-16-20(8-10-22)17-25-13-5-2-6-14-26-18/h18-19,21-22H,1-17H2. The third-order valence-electron chi connectivity index (χ3n) is 4.10. The van der Waals surface area contributed by atoms with Crippen LogP contribution in [0.25, 0.3) is 0 Å². The van der Waals surface area contributed by atoms with Gasteiger partial charge in [0.2, 0.25) is 0 Å². The largest absolute Gasteiger partial charge is 0.396 e. The van der Waals surface area contributed by atoms with Crippen LogP contribution in [0.4, 0.5) is 0 Å². The highest BCUT2D eigenvalue weighted by Crippen LogP contribution is 2.18. The number of nitrogens with zero attached hydrogens (tertiary/aromatic N) is 1. The second-order valence-electron chi connectivity index (χ2n) is 6.44. The van der Waals surface area contributed by atoms with E-state index in [-0.39, 0.29) is 13.2 Å². The zero-order valence-corrected chi connectivity index (χ0v) is 19.3. The van der Waals surface area contributed by atoms with Crippen molar-refractivity contribution in [1.82, 2.24) is 10.2 Å². The fourth-order valence-corrected chi connectivity index (χ4v) is 6.83. The SMILES string of the molecule is OCCC1NCSCCCCCSCN(CCO)CSCCCCCS1. The van der Waals surface area contributed by atoms with Crippen molar-refractivity contribution >= 4 is 47.0 Å². The van der Waals surface area contributed by atoms with Gasteiger partial charge < -0.3 is 10.2 Å². The first kappa shape index (κ1) is 25.3. The predicted molar refractivity (Wildman–Crippen MR) is 125 cm³/mol. The van der Waals surface area contributed by atoms with E-state index in [0.717, 1.165) is 30.6 Å². The van der Waals surface area contributed by atoms with E-state index in [0.29, 0.717) is 5.37 Å². The van der Waals surface area contributed by atoms with E-state index in [1.165, 1.54) is 61.5 Å². The summed E-state index contributed by atoms with van der Waals surface area (Å²) in [6, 6.07) is 0. The number of hydrogen-bond donors (Lipinski definition) is 3. The molecule has 1 saturated heterocycles. The van der Waals surface area contributed by atoms with Crippen molar-refractivity contribution in [2.24, 2.45) is 0 Å². The quantitative estimate of drug-likeness (QED) is 0.609. The van der Waals surface area contributed by atoms with Gasteiger partial charge in [-0.25, -0.2) is 0 Å². The Morgan fingerprint density at radius 1 is 0.769 bits per heavy atom. The molecule has 1 atom stereocenters. The maximum atomic E-state index is 9.24. The molecule has 1 heterocycles. The van der Waals surface area contributed by atoms with Crippen molar-refractivity contribution in [3.05, 3.63) is 0 Å². The van der Waals surface area contributed by atoms with Crippen molar-refractivity contribution in [1.29, 1.82) is 0 Å². The fourth-order valence-electron chi connectivity index (χ4n) is 2.57. The number of aliphatic hydroxyl groups excluding tert-OH is 2. The molecule has 0 radical (unpaired) electrons. The first-order chi connectivity index (χ1) is 12.9. The predicted octanol–water partition coefficient (Wildman–Crippen LogP) is 3.74. The number of nitrogens with one attached hydrogen (secondary N) is 1. The van der Waals surface area contributed by atoms with Crippen LogP contribution in [0.15, 0.2) is 0 Å². The highest BCUT2D eigenvalue weighted by molar-refractivity contribution is 8.00. The van der Waals surface area contributed by atoms with Crippen LogP contribution in [0, 0.1) is 0 Å². The maximum Gasteiger partial charge on any atom is 0.0560 e. The summed E-state index contributed by atoms with van der Waals surface area (Å²) in [4.78, 5) is 2.38. The van der Waals surface area contributed by atoms with Gasteiger partial charge in [0.25, 0.3) is 0 Å². The molecule has 0 aliphatic carbocycles. The zero-order valence-electron chi connectivity index (χ0n) is 16.1. The molecular weight excluding hydrogens is 404 g/mol. The van der Waals surface area contributed by atoms with Gasteiger partial charge in [-0.1, -0.05) is 12.8 Å². The Morgan fingerprint density at radius 2 is 1.38 bits per heavy atom. The molecule has 0 aromatic heterocycles. The van der Waals surface area contributed by atoms with Gasteiger partial charge in [-0.3, -0.25) is 10.2 Å². The Balaban J connectivity index is 2.29. The molecule has 1 aliphatic heterocycles. The lowest BCUT2D eigenvalue weighted by atomic mass is 10.3. The number of β-amino-alcohol motifs (C(OH)–C–C–N with tert-alkyl or cyclic N) is 1. The molecule has 3 N–H and O–H groups in total. The lowest BCUT2D eigenvalue weighted by Crippen LogP contribution is -2.27. The van der Waals surface area contributed by atoms with Crippen molar-refractivity contribution in [3.63, 3.8) is 0 Å². The molecule has 0 saturated carbocycles. The van der Waals surface area contributed by atoms with Gasteiger partial charge in [-0.15, -0.1) is 47.0 Å². The smallest absolute Gasteiger partial charge is 0.0560 e. The molecule has 0 spiro atoms. The lowest BCUT2D eigenvalue weighted by molar-refractivity contribution is 0.234. The molecule has 8 heteroatoms. The molecule has 4 nitrogen and oxygen atoms in total. The summed E-state index contributed by atoms with van der Waals surface area (Å²) in [6.07, 6.45) is 8.57. The normalized spacial score (nSPS) is 24.9. The molecule has 0 bridgehead atoms. The Morgan fingerprint density at radius 3 is 2.00 bits per heavy atom. The molecule has 0 aromatic rings. The average Bonchev–Trinajstić information content (AvgIpc) is 2.64. The molecule has 1 fully saturated rings. The number of hydrogen-bond acceptors (Lipinski definition) is 8. The van der Waals surface area contributed by atoms with E-state index >= 15 is 0 Å². The Kier molecular flexibility index (Phi) is 19.0. The highest BCUT2D eigenvalue weighted by Gasteiger charge is 2.08. The lowest BCUT2D eigenvalue weighted by Gasteiger charge is -2.20. The maximum absolute atomic E-state index is 9.24. The van der Waals surface area contributed by atoms with Crippen molar-refractivity contribution in [2.75, 3.05) is 60.4 Å². The van der Waals surface area contributed by atoms with E-state index in [1.54, 1.807) is 0 Å². The van der Waals surface area contributed by atoms with Gasteiger partial charge in [-0.2, -0.15) is 0 Å². The summed E-state index contributed by atoms with van der Waals surface area (Å²) in [5, 5.41) is 22.5. The summed E-state index contributed by atoms with van der Waals surface area (Å²) in [5.74, 6) is 7.94.